The lowest BCUT2D eigenvalue weighted by atomic mass is 10.1. The van der Waals surface area contributed by atoms with Crippen molar-refractivity contribution in [3.63, 3.8) is 0 Å². The fourth-order valence-corrected chi connectivity index (χ4v) is 1.80. The van der Waals surface area contributed by atoms with E-state index in [0.29, 0.717) is 5.56 Å². The van der Waals surface area contributed by atoms with Gasteiger partial charge in [0.2, 0.25) is 0 Å². The van der Waals surface area contributed by atoms with Gasteiger partial charge in [-0.1, -0.05) is 6.07 Å². The number of carbonyl (C=O) groups excluding carboxylic acids is 1. The molecule has 0 spiro atoms. The minimum absolute atomic E-state index is 0.102. The Morgan fingerprint density at radius 3 is 2.52 bits per heavy atom. The van der Waals surface area contributed by atoms with Crippen molar-refractivity contribution < 1.29 is 22.7 Å². The molecule has 0 saturated carbocycles. The molecule has 0 aromatic heterocycles. The molecule has 2 rings (SSSR count). The van der Waals surface area contributed by atoms with E-state index in [4.69, 9.17) is 0 Å². The van der Waals surface area contributed by atoms with E-state index in [1.807, 2.05) is 0 Å². The summed E-state index contributed by atoms with van der Waals surface area (Å²) in [5.41, 5.74) is 0.821. The van der Waals surface area contributed by atoms with Crippen LogP contribution in [0, 0.1) is 17.5 Å². The largest absolute Gasteiger partial charge is 0.465 e. The molecular formula is C15H12F3NO2. The van der Waals surface area contributed by atoms with Gasteiger partial charge in [0.25, 0.3) is 0 Å². The Labute approximate surface area is 119 Å². The SMILES string of the molecule is COC(=O)c1ccc(F)cc1NCc1ccc(F)c(F)c1. The van der Waals surface area contributed by atoms with E-state index < -0.39 is 23.4 Å². The average Bonchev–Trinajstić information content (AvgIpc) is 2.48. The first-order valence-corrected chi connectivity index (χ1v) is 6.07. The second-order valence-electron chi connectivity index (χ2n) is 4.28. The summed E-state index contributed by atoms with van der Waals surface area (Å²) < 4.78 is 43.8. The van der Waals surface area contributed by atoms with Crippen molar-refractivity contribution in [2.75, 3.05) is 12.4 Å². The first kappa shape index (κ1) is 14.9. The molecule has 0 fully saturated rings. The maximum Gasteiger partial charge on any atom is 0.339 e. The highest BCUT2D eigenvalue weighted by atomic mass is 19.2. The predicted octanol–water partition coefficient (Wildman–Crippen LogP) is 3.50. The second-order valence-corrected chi connectivity index (χ2v) is 4.28. The van der Waals surface area contributed by atoms with Crippen molar-refractivity contribution in [2.24, 2.45) is 0 Å². The van der Waals surface area contributed by atoms with Crippen molar-refractivity contribution in [1.29, 1.82) is 0 Å². The molecule has 0 bridgehead atoms. The van der Waals surface area contributed by atoms with Crippen LogP contribution in [0.4, 0.5) is 18.9 Å². The number of ether oxygens (including phenoxy) is 1. The summed E-state index contributed by atoms with van der Waals surface area (Å²) in [5, 5.41) is 2.80. The molecule has 2 aromatic rings. The van der Waals surface area contributed by atoms with E-state index in [2.05, 4.69) is 10.1 Å². The lowest BCUT2D eigenvalue weighted by Gasteiger charge is -2.11. The number of anilines is 1. The summed E-state index contributed by atoms with van der Waals surface area (Å²) in [6, 6.07) is 6.97. The van der Waals surface area contributed by atoms with Gasteiger partial charge >= 0.3 is 5.97 Å². The van der Waals surface area contributed by atoms with Crippen LogP contribution in [0.5, 0.6) is 0 Å². The minimum atomic E-state index is -0.971. The van der Waals surface area contributed by atoms with E-state index in [9.17, 15) is 18.0 Å². The van der Waals surface area contributed by atoms with Gasteiger partial charge in [0, 0.05) is 6.54 Å². The third-order valence-corrected chi connectivity index (χ3v) is 2.85. The van der Waals surface area contributed by atoms with Crippen LogP contribution in [-0.4, -0.2) is 13.1 Å². The topological polar surface area (TPSA) is 38.3 Å². The molecule has 0 radical (unpaired) electrons. The Morgan fingerprint density at radius 2 is 1.86 bits per heavy atom. The Balaban J connectivity index is 2.20. The van der Waals surface area contributed by atoms with Crippen molar-refractivity contribution in [1.82, 2.24) is 0 Å². The van der Waals surface area contributed by atoms with Crippen LogP contribution in [-0.2, 0) is 11.3 Å². The van der Waals surface area contributed by atoms with Gasteiger partial charge < -0.3 is 10.1 Å². The maximum absolute atomic E-state index is 13.3. The van der Waals surface area contributed by atoms with Gasteiger partial charge in [0.15, 0.2) is 11.6 Å². The summed E-state index contributed by atoms with van der Waals surface area (Å²) in [5.74, 6) is -3.07. The number of rotatable bonds is 4. The maximum atomic E-state index is 13.3. The summed E-state index contributed by atoms with van der Waals surface area (Å²) in [6.45, 7) is 0.102. The normalized spacial score (nSPS) is 10.3. The van der Waals surface area contributed by atoms with Gasteiger partial charge in [-0.25, -0.2) is 18.0 Å². The highest BCUT2D eigenvalue weighted by Crippen LogP contribution is 2.19. The Morgan fingerprint density at radius 1 is 1.10 bits per heavy atom. The highest BCUT2D eigenvalue weighted by molar-refractivity contribution is 5.95. The molecule has 0 aliphatic heterocycles. The monoisotopic (exact) mass is 295 g/mol. The van der Waals surface area contributed by atoms with E-state index in [1.54, 1.807) is 0 Å². The molecule has 0 amide bonds. The Bertz CT molecular complexity index is 674. The third kappa shape index (κ3) is 3.53. The number of nitrogens with one attached hydrogen (secondary N) is 1. The van der Waals surface area contributed by atoms with Crippen molar-refractivity contribution >= 4 is 11.7 Å². The van der Waals surface area contributed by atoms with Crippen molar-refractivity contribution in [2.45, 2.75) is 6.54 Å². The van der Waals surface area contributed by atoms with Gasteiger partial charge in [-0.2, -0.15) is 0 Å². The first-order chi connectivity index (χ1) is 10.0. The van der Waals surface area contributed by atoms with E-state index in [0.717, 1.165) is 24.3 Å². The molecule has 2 aromatic carbocycles. The van der Waals surface area contributed by atoms with Crippen LogP contribution in [0.15, 0.2) is 36.4 Å². The van der Waals surface area contributed by atoms with Crippen LogP contribution in [0.1, 0.15) is 15.9 Å². The summed E-state index contributed by atoms with van der Waals surface area (Å²) in [6.07, 6.45) is 0. The van der Waals surface area contributed by atoms with Crippen LogP contribution in [0.2, 0.25) is 0 Å². The number of hydrogen-bond acceptors (Lipinski definition) is 3. The molecule has 0 saturated heterocycles. The van der Waals surface area contributed by atoms with Crippen LogP contribution in [0.3, 0.4) is 0 Å². The molecule has 0 atom stereocenters. The molecule has 3 nitrogen and oxygen atoms in total. The molecule has 21 heavy (non-hydrogen) atoms. The molecule has 0 heterocycles. The summed E-state index contributed by atoms with van der Waals surface area (Å²) in [7, 11) is 1.21. The quantitative estimate of drug-likeness (QED) is 0.877. The zero-order valence-corrected chi connectivity index (χ0v) is 11.1. The third-order valence-electron chi connectivity index (χ3n) is 2.85. The summed E-state index contributed by atoms with van der Waals surface area (Å²) >= 11 is 0. The number of halogens is 3. The first-order valence-electron chi connectivity index (χ1n) is 6.07. The Hall–Kier alpha value is -2.50. The molecule has 0 aliphatic carbocycles. The zero-order valence-electron chi connectivity index (χ0n) is 11.1. The molecular weight excluding hydrogens is 283 g/mol. The molecule has 6 heteroatoms. The minimum Gasteiger partial charge on any atom is -0.465 e. The number of benzene rings is 2. The lowest BCUT2D eigenvalue weighted by Crippen LogP contribution is -2.09. The molecule has 110 valence electrons. The lowest BCUT2D eigenvalue weighted by molar-refractivity contribution is 0.0601. The van der Waals surface area contributed by atoms with E-state index >= 15 is 0 Å². The van der Waals surface area contributed by atoms with Gasteiger partial charge in [-0.15, -0.1) is 0 Å². The number of carbonyl (C=O) groups is 1. The van der Waals surface area contributed by atoms with Gasteiger partial charge in [0.05, 0.1) is 18.4 Å². The van der Waals surface area contributed by atoms with Gasteiger partial charge in [-0.3, -0.25) is 0 Å². The Kier molecular flexibility index (Phi) is 4.47. The van der Waals surface area contributed by atoms with Crippen LogP contribution >= 0.6 is 0 Å². The molecule has 0 unspecified atom stereocenters. The van der Waals surface area contributed by atoms with Crippen LogP contribution in [0.25, 0.3) is 0 Å². The molecule has 0 aliphatic rings. The van der Waals surface area contributed by atoms with Crippen LogP contribution < -0.4 is 5.32 Å². The fourth-order valence-electron chi connectivity index (χ4n) is 1.80. The average molecular weight is 295 g/mol. The van der Waals surface area contributed by atoms with E-state index in [1.165, 1.54) is 19.2 Å². The van der Waals surface area contributed by atoms with Gasteiger partial charge in [0.1, 0.15) is 5.82 Å². The van der Waals surface area contributed by atoms with Gasteiger partial charge in [-0.05, 0) is 35.9 Å². The highest BCUT2D eigenvalue weighted by Gasteiger charge is 2.12. The van der Waals surface area contributed by atoms with Crippen molar-refractivity contribution in [3.05, 3.63) is 65.0 Å². The standard InChI is InChI=1S/C15H12F3NO2/c1-21-15(20)11-4-3-10(16)7-14(11)19-8-9-2-5-12(17)13(18)6-9/h2-7,19H,8H2,1H3. The van der Waals surface area contributed by atoms with E-state index in [-0.39, 0.29) is 17.8 Å². The second kappa shape index (κ2) is 6.30. The fraction of sp³-hybridized carbons (Fsp3) is 0.133. The van der Waals surface area contributed by atoms with Crippen molar-refractivity contribution in [3.8, 4) is 0 Å². The predicted molar refractivity (Wildman–Crippen MR) is 71.4 cm³/mol. The number of hydrogen-bond donors (Lipinski definition) is 1. The zero-order chi connectivity index (χ0) is 15.4. The number of methoxy groups -OCH3 is 1. The summed E-state index contributed by atoms with van der Waals surface area (Å²) in [4.78, 5) is 11.6. The molecule has 1 N–H and O–H groups in total. The smallest absolute Gasteiger partial charge is 0.339 e. The number of esters is 1.